The van der Waals surface area contributed by atoms with E-state index in [-0.39, 0.29) is 29.1 Å². The first-order chi connectivity index (χ1) is 17.3. The highest BCUT2D eigenvalue weighted by Gasteiger charge is 2.61. The Hall–Kier alpha value is -2.65. The molecule has 5 amide bonds. The molecule has 5 N–H and O–H groups in total. The maximum Gasteiger partial charge on any atom is 0.315 e. The van der Waals surface area contributed by atoms with Crippen molar-refractivity contribution in [3.63, 3.8) is 0 Å². The number of ketones is 1. The van der Waals surface area contributed by atoms with Gasteiger partial charge in [0.05, 0.1) is 6.04 Å². The first kappa shape index (κ1) is 29.9. The molecule has 0 radical (unpaired) electrons. The minimum absolute atomic E-state index is 0.0940. The highest BCUT2D eigenvalue weighted by Crippen LogP contribution is 2.57. The van der Waals surface area contributed by atoms with Gasteiger partial charge in [0.1, 0.15) is 12.1 Å². The Kier molecular flexibility index (Phi) is 8.25. The van der Waals surface area contributed by atoms with Crippen LogP contribution in [0, 0.1) is 28.6 Å². The number of carbonyl (C=O) groups is 5. The second kappa shape index (κ2) is 10.5. The topological polar surface area (TPSA) is 151 Å². The standard InChI is InChI=1S/C28H47N5O5/c1-26(2,3)21(31-25(38)32-27(4,5)6)24(37)33-14-16-13-28(7,8)18(16)19(33)23(36)30-17(20(34)22(29)35)12-15-10-9-11-15/h15-19,21H,9-14H2,1-8H3,(H2,29,35)(H,30,36)(H2,31,32,38)/t16?,17?,18-,19-,21+/m0/s1. The number of rotatable bonds is 8. The van der Waals surface area contributed by atoms with Gasteiger partial charge in [0, 0.05) is 12.1 Å². The van der Waals surface area contributed by atoms with Crippen molar-refractivity contribution < 1.29 is 24.0 Å². The smallest absolute Gasteiger partial charge is 0.315 e. The molecule has 1 saturated heterocycles. The molecule has 214 valence electrons. The molecule has 10 nitrogen and oxygen atoms in total. The zero-order valence-electron chi connectivity index (χ0n) is 24.3. The number of nitrogens with zero attached hydrogens (tertiary/aromatic N) is 1. The zero-order chi connectivity index (χ0) is 28.8. The highest BCUT2D eigenvalue weighted by atomic mass is 16.2. The number of hydrogen-bond donors (Lipinski definition) is 4. The minimum Gasteiger partial charge on any atom is -0.363 e. The van der Waals surface area contributed by atoms with E-state index in [0.29, 0.717) is 13.0 Å². The third-order valence-electron chi connectivity index (χ3n) is 8.40. The first-order valence-corrected chi connectivity index (χ1v) is 13.8. The molecule has 38 heavy (non-hydrogen) atoms. The van der Waals surface area contributed by atoms with Crippen LogP contribution in [0.3, 0.4) is 0 Å². The number of amides is 5. The fourth-order valence-corrected chi connectivity index (χ4v) is 6.42. The summed E-state index contributed by atoms with van der Waals surface area (Å²) in [6.07, 6.45) is 4.18. The Morgan fingerprint density at radius 3 is 2.05 bits per heavy atom. The van der Waals surface area contributed by atoms with Gasteiger partial charge in [-0.15, -0.1) is 0 Å². The van der Waals surface area contributed by atoms with Crippen LogP contribution in [0.25, 0.3) is 0 Å². The Bertz CT molecular complexity index is 975. The molecular formula is C28H47N5O5. The van der Waals surface area contributed by atoms with Crippen LogP contribution >= 0.6 is 0 Å². The SMILES string of the molecule is CC(C)(C)NC(=O)N[C@H](C(=O)N1CC2CC(C)(C)[C@@H]2[C@H]1C(=O)NC(CC1CCC1)C(=O)C(N)=O)C(C)(C)C. The second-order valence-corrected chi connectivity index (χ2v) is 14.4. The van der Waals surface area contributed by atoms with E-state index >= 15 is 0 Å². The van der Waals surface area contributed by atoms with Crippen LogP contribution in [0.5, 0.6) is 0 Å². The van der Waals surface area contributed by atoms with Gasteiger partial charge in [0.25, 0.3) is 5.91 Å². The van der Waals surface area contributed by atoms with Crippen molar-refractivity contribution >= 4 is 29.5 Å². The number of primary amides is 1. The molecule has 1 heterocycles. The molecule has 3 fully saturated rings. The Morgan fingerprint density at radius 2 is 1.61 bits per heavy atom. The number of nitrogens with one attached hydrogen (secondary N) is 3. The number of urea groups is 1. The van der Waals surface area contributed by atoms with Crippen molar-refractivity contribution in [3.8, 4) is 0 Å². The maximum atomic E-state index is 14.1. The van der Waals surface area contributed by atoms with Crippen LogP contribution in [0.1, 0.15) is 87.5 Å². The molecule has 3 rings (SSSR count). The van der Waals surface area contributed by atoms with E-state index in [2.05, 4.69) is 29.8 Å². The largest absolute Gasteiger partial charge is 0.363 e. The summed E-state index contributed by atoms with van der Waals surface area (Å²) >= 11 is 0. The van der Waals surface area contributed by atoms with Crippen LogP contribution in [0.2, 0.25) is 0 Å². The van der Waals surface area contributed by atoms with Crippen molar-refractivity contribution in [2.45, 2.75) is 111 Å². The van der Waals surface area contributed by atoms with Gasteiger partial charge in [-0.1, -0.05) is 53.9 Å². The number of Topliss-reactive ketones (excluding diaryl/α,β-unsaturated/α-hetero) is 1. The van der Waals surface area contributed by atoms with E-state index < -0.39 is 52.7 Å². The molecule has 10 heteroatoms. The van der Waals surface area contributed by atoms with Crippen molar-refractivity contribution in [1.29, 1.82) is 0 Å². The molecule has 0 aromatic rings. The van der Waals surface area contributed by atoms with Gasteiger partial charge in [-0.25, -0.2) is 4.79 Å². The van der Waals surface area contributed by atoms with Gasteiger partial charge in [-0.3, -0.25) is 19.2 Å². The molecule has 2 saturated carbocycles. The third kappa shape index (κ3) is 6.49. The van der Waals surface area contributed by atoms with Crippen LogP contribution < -0.4 is 21.7 Å². The molecule has 1 aliphatic heterocycles. The lowest BCUT2D eigenvalue weighted by Gasteiger charge is -2.49. The zero-order valence-corrected chi connectivity index (χ0v) is 24.3. The molecule has 0 aromatic heterocycles. The van der Waals surface area contributed by atoms with Gasteiger partial charge in [-0.2, -0.15) is 0 Å². The van der Waals surface area contributed by atoms with Gasteiger partial charge < -0.3 is 26.6 Å². The summed E-state index contributed by atoms with van der Waals surface area (Å²) in [6.45, 7) is 15.7. The molecule has 0 aromatic carbocycles. The van der Waals surface area contributed by atoms with Crippen molar-refractivity contribution in [3.05, 3.63) is 0 Å². The fourth-order valence-electron chi connectivity index (χ4n) is 6.42. The van der Waals surface area contributed by atoms with E-state index in [1.807, 2.05) is 41.5 Å². The molecular weight excluding hydrogens is 486 g/mol. The van der Waals surface area contributed by atoms with Crippen LogP contribution in [0.15, 0.2) is 0 Å². The van der Waals surface area contributed by atoms with E-state index in [1.54, 1.807) is 4.90 Å². The summed E-state index contributed by atoms with van der Waals surface area (Å²) in [4.78, 5) is 66.6. The highest BCUT2D eigenvalue weighted by molar-refractivity contribution is 6.37. The van der Waals surface area contributed by atoms with Crippen LogP contribution in [-0.4, -0.2) is 64.6 Å². The molecule has 5 atom stereocenters. The summed E-state index contributed by atoms with van der Waals surface area (Å²) in [7, 11) is 0. The van der Waals surface area contributed by atoms with E-state index in [9.17, 15) is 24.0 Å². The quantitative estimate of drug-likeness (QED) is 0.352. The first-order valence-electron chi connectivity index (χ1n) is 13.8. The summed E-state index contributed by atoms with van der Waals surface area (Å²) in [5, 5.41) is 8.50. The van der Waals surface area contributed by atoms with Gasteiger partial charge in [0.15, 0.2) is 0 Å². The average molecular weight is 534 g/mol. The van der Waals surface area contributed by atoms with Crippen molar-refractivity contribution in [2.75, 3.05) is 6.54 Å². The summed E-state index contributed by atoms with van der Waals surface area (Å²) in [5.74, 6) is -2.34. The summed E-state index contributed by atoms with van der Waals surface area (Å²) in [6, 6.07) is -3.14. The monoisotopic (exact) mass is 533 g/mol. The van der Waals surface area contributed by atoms with Gasteiger partial charge >= 0.3 is 6.03 Å². The maximum absolute atomic E-state index is 14.1. The van der Waals surface area contributed by atoms with Gasteiger partial charge in [-0.05, 0) is 62.2 Å². The molecule has 3 aliphatic rings. The lowest BCUT2D eigenvalue weighted by molar-refractivity contribution is -0.145. The van der Waals surface area contributed by atoms with Crippen molar-refractivity contribution in [2.24, 2.45) is 34.3 Å². The van der Waals surface area contributed by atoms with Gasteiger partial charge in [0.2, 0.25) is 17.6 Å². The Labute approximate surface area is 226 Å². The number of hydrogen-bond acceptors (Lipinski definition) is 5. The number of likely N-dealkylation sites (tertiary alicyclic amines) is 1. The normalized spacial score (nSPS) is 26.2. The number of carbonyl (C=O) groups excluding carboxylic acids is 5. The molecule has 0 spiro atoms. The Morgan fingerprint density at radius 1 is 1.00 bits per heavy atom. The predicted octanol–water partition coefficient (Wildman–Crippen LogP) is 2.10. The molecule has 2 unspecified atom stereocenters. The third-order valence-corrected chi connectivity index (χ3v) is 8.40. The van der Waals surface area contributed by atoms with Crippen LogP contribution in [0.4, 0.5) is 4.79 Å². The van der Waals surface area contributed by atoms with Crippen LogP contribution in [-0.2, 0) is 19.2 Å². The Balaban J connectivity index is 1.87. The summed E-state index contributed by atoms with van der Waals surface area (Å²) in [5.41, 5.74) is 4.02. The summed E-state index contributed by atoms with van der Waals surface area (Å²) < 4.78 is 0. The lowest BCUT2D eigenvalue weighted by atomic mass is 9.55. The van der Waals surface area contributed by atoms with E-state index in [4.69, 9.17) is 5.73 Å². The molecule has 0 bridgehead atoms. The fraction of sp³-hybridized carbons (Fsp3) is 0.821. The second-order valence-electron chi connectivity index (χ2n) is 14.4. The average Bonchev–Trinajstić information content (AvgIpc) is 3.05. The molecule has 2 aliphatic carbocycles. The minimum atomic E-state index is -1.07. The predicted molar refractivity (Wildman–Crippen MR) is 144 cm³/mol. The lowest BCUT2D eigenvalue weighted by Crippen LogP contribution is -2.62. The number of nitrogens with two attached hydrogens (primary N) is 1. The van der Waals surface area contributed by atoms with E-state index in [0.717, 1.165) is 25.7 Å². The van der Waals surface area contributed by atoms with Crippen molar-refractivity contribution in [1.82, 2.24) is 20.9 Å². The number of fused-ring (bicyclic) bond motifs is 1. The van der Waals surface area contributed by atoms with E-state index in [1.165, 1.54) is 0 Å².